The van der Waals surface area contributed by atoms with E-state index in [4.69, 9.17) is 16.3 Å². The van der Waals surface area contributed by atoms with Crippen molar-refractivity contribution in [1.82, 2.24) is 9.27 Å². The third-order valence-corrected chi connectivity index (χ3v) is 7.09. The van der Waals surface area contributed by atoms with Gasteiger partial charge in [0.1, 0.15) is 5.82 Å². The van der Waals surface area contributed by atoms with E-state index in [1.165, 1.54) is 34.5 Å². The largest absolute Gasteiger partial charge is 0.449 e. The lowest BCUT2D eigenvalue weighted by Crippen LogP contribution is -2.49. The van der Waals surface area contributed by atoms with Gasteiger partial charge in [-0.25, -0.2) is 4.79 Å². The molecule has 2 heterocycles. The van der Waals surface area contributed by atoms with Crippen molar-refractivity contribution in [3.63, 3.8) is 0 Å². The van der Waals surface area contributed by atoms with Crippen LogP contribution >= 0.6 is 23.1 Å². The molecule has 4 rings (SSSR count). The number of carbonyl (C=O) groups excluding carboxylic acids is 1. The van der Waals surface area contributed by atoms with E-state index in [-0.39, 0.29) is 6.09 Å². The zero-order chi connectivity index (χ0) is 18.6. The summed E-state index contributed by atoms with van der Waals surface area (Å²) in [5.74, 6) is 2.62. The van der Waals surface area contributed by atoms with E-state index in [2.05, 4.69) is 21.4 Å². The Balaban J connectivity index is 1.29. The molecular weight excluding hydrogens is 382 g/mol. The van der Waals surface area contributed by atoms with Gasteiger partial charge in [-0.3, -0.25) is 0 Å². The molecule has 1 saturated carbocycles. The molecule has 2 aromatic rings. The molecule has 1 aromatic heterocycles. The molecule has 1 aliphatic heterocycles. The maximum Gasteiger partial charge on any atom is 0.409 e. The van der Waals surface area contributed by atoms with Gasteiger partial charge in [-0.15, -0.1) is 11.6 Å². The van der Waals surface area contributed by atoms with Crippen molar-refractivity contribution in [2.75, 3.05) is 43.6 Å². The molecule has 7 heteroatoms. The van der Waals surface area contributed by atoms with E-state index >= 15 is 0 Å². The van der Waals surface area contributed by atoms with Crippen LogP contribution in [0.3, 0.4) is 0 Å². The Morgan fingerprint density at radius 1 is 1.15 bits per heavy atom. The summed E-state index contributed by atoms with van der Waals surface area (Å²) in [4.78, 5) is 16.6. The van der Waals surface area contributed by atoms with E-state index in [0.717, 1.165) is 31.7 Å². The molecule has 1 saturated heterocycles. The molecule has 0 bridgehead atoms. The number of fused-ring (bicyclic) bond motifs is 1. The maximum atomic E-state index is 12.5. The standard InChI is InChI=1S/C20H26ClN3O2S/c21-13-15-5-1-2-6-16(15)14-26-20(25)24-11-9-23(10-12-24)19-17-7-3-4-8-18(17)27-22-19/h3-4,7-8,15-16H,1-2,5-6,9-14H2/t15-,16-/m0/s1. The average Bonchev–Trinajstić information content (AvgIpc) is 3.16. The summed E-state index contributed by atoms with van der Waals surface area (Å²) in [5, 5.41) is 1.20. The Morgan fingerprint density at radius 3 is 2.67 bits per heavy atom. The second-order valence-corrected chi connectivity index (χ2v) is 8.63. The SMILES string of the molecule is O=C(OC[C@@H]1CCCC[C@H]1CCl)N1CCN(c2nsc3ccccc23)CC1. The van der Waals surface area contributed by atoms with Crippen molar-refractivity contribution < 1.29 is 9.53 Å². The molecule has 1 aliphatic carbocycles. The predicted molar refractivity (Wildman–Crippen MR) is 111 cm³/mol. The first-order valence-electron chi connectivity index (χ1n) is 9.83. The fourth-order valence-electron chi connectivity index (χ4n) is 4.18. The number of halogens is 1. The van der Waals surface area contributed by atoms with Crippen LogP contribution in [0.25, 0.3) is 10.1 Å². The number of rotatable bonds is 4. The fraction of sp³-hybridized carbons (Fsp3) is 0.600. The minimum atomic E-state index is -0.184. The van der Waals surface area contributed by atoms with E-state index in [1.807, 2.05) is 17.0 Å². The monoisotopic (exact) mass is 407 g/mol. The van der Waals surface area contributed by atoms with E-state index in [1.54, 1.807) is 0 Å². The molecule has 5 nitrogen and oxygen atoms in total. The number of anilines is 1. The Labute approximate surface area is 169 Å². The highest BCUT2D eigenvalue weighted by Gasteiger charge is 2.28. The fourth-order valence-corrected chi connectivity index (χ4v) is 5.38. The molecule has 0 spiro atoms. The van der Waals surface area contributed by atoms with Crippen LogP contribution in [-0.4, -0.2) is 54.0 Å². The number of aromatic nitrogens is 1. The number of nitrogens with zero attached hydrogens (tertiary/aromatic N) is 3. The minimum absolute atomic E-state index is 0.184. The Hall–Kier alpha value is -1.53. The Bertz CT molecular complexity index is 775. The van der Waals surface area contributed by atoms with Crippen LogP contribution < -0.4 is 4.90 Å². The number of hydrogen-bond acceptors (Lipinski definition) is 5. The predicted octanol–water partition coefficient (Wildman–Crippen LogP) is 4.60. The highest BCUT2D eigenvalue weighted by molar-refractivity contribution is 7.13. The highest BCUT2D eigenvalue weighted by Crippen LogP contribution is 2.32. The summed E-state index contributed by atoms with van der Waals surface area (Å²) >= 11 is 7.62. The molecule has 1 aromatic carbocycles. The first kappa shape index (κ1) is 18.8. The minimum Gasteiger partial charge on any atom is -0.449 e. The summed E-state index contributed by atoms with van der Waals surface area (Å²) in [7, 11) is 0. The van der Waals surface area contributed by atoms with Crippen LogP contribution in [0.4, 0.5) is 10.6 Å². The summed E-state index contributed by atoms with van der Waals surface area (Å²) in [6.45, 7) is 3.43. The van der Waals surface area contributed by atoms with Crippen LogP contribution in [0, 0.1) is 11.8 Å². The molecule has 27 heavy (non-hydrogen) atoms. The zero-order valence-electron chi connectivity index (χ0n) is 15.5. The second-order valence-electron chi connectivity index (χ2n) is 7.51. The van der Waals surface area contributed by atoms with E-state index in [0.29, 0.717) is 37.4 Å². The summed E-state index contributed by atoms with van der Waals surface area (Å²) < 4.78 is 11.5. The summed E-state index contributed by atoms with van der Waals surface area (Å²) in [6.07, 6.45) is 4.56. The number of amides is 1. The van der Waals surface area contributed by atoms with Crippen molar-refractivity contribution in [1.29, 1.82) is 0 Å². The number of hydrogen-bond donors (Lipinski definition) is 0. The Morgan fingerprint density at radius 2 is 1.89 bits per heavy atom. The third-order valence-electron chi connectivity index (χ3n) is 5.88. The molecule has 0 radical (unpaired) electrons. The quantitative estimate of drug-likeness (QED) is 0.695. The van der Waals surface area contributed by atoms with Gasteiger partial charge in [0, 0.05) is 37.4 Å². The molecule has 0 unspecified atom stereocenters. The number of alkyl halides is 1. The average molecular weight is 408 g/mol. The molecule has 1 amide bonds. The van der Waals surface area contributed by atoms with Gasteiger partial charge in [-0.1, -0.05) is 25.0 Å². The molecular formula is C20H26ClN3O2S. The number of benzene rings is 1. The van der Waals surface area contributed by atoms with Gasteiger partial charge in [0.2, 0.25) is 0 Å². The van der Waals surface area contributed by atoms with Crippen LogP contribution in [0.5, 0.6) is 0 Å². The van der Waals surface area contributed by atoms with Gasteiger partial charge in [0.25, 0.3) is 0 Å². The van der Waals surface area contributed by atoms with Crippen molar-refractivity contribution >= 4 is 45.1 Å². The lowest BCUT2D eigenvalue weighted by molar-refractivity contribution is 0.0668. The van der Waals surface area contributed by atoms with Gasteiger partial charge < -0.3 is 14.5 Å². The van der Waals surface area contributed by atoms with E-state index in [9.17, 15) is 4.79 Å². The second kappa shape index (κ2) is 8.65. The molecule has 2 atom stereocenters. The molecule has 2 fully saturated rings. The van der Waals surface area contributed by atoms with Crippen LogP contribution in [0.2, 0.25) is 0 Å². The Kier molecular flexibility index (Phi) is 6.03. The lowest BCUT2D eigenvalue weighted by atomic mass is 9.81. The van der Waals surface area contributed by atoms with Crippen LogP contribution in [0.1, 0.15) is 25.7 Å². The summed E-state index contributed by atoms with van der Waals surface area (Å²) in [6, 6.07) is 8.31. The van der Waals surface area contributed by atoms with Gasteiger partial charge in [0.05, 0.1) is 11.3 Å². The van der Waals surface area contributed by atoms with Crippen LogP contribution in [-0.2, 0) is 4.74 Å². The first-order chi connectivity index (χ1) is 13.3. The topological polar surface area (TPSA) is 45.7 Å². The van der Waals surface area contributed by atoms with Crippen molar-refractivity contribution in [2.24, 2.45) is 11.8 Å². The number of piperazine rings is 1. The van der Waals surface area contributed by atoms with Crippen molar-refractivity contribution in [3.05, 3.63) is 24.3 Å². The van der Waals surface area contributed by atoms with Gasteiger partial charge in [0.15, 0.2) is 0 Å². The van der Waals surface area contributed by atoms with Crippen molar-refractivity contribution in [3.8, 4) is 0 Å². The van der Waals surface area contributed by atoms with Crippen molar-refractivity contribution in [2.45, 2.75) is 25.7 Å². The summed E-state index contributed by atoms with van der Waals surface area (Å²) in [5.41, 5.74) is 0. The zero-order valence-corrected chi connectivity index (χ0v) is 17.1. The first-order valence-corrected chi connectivity index (χ1v) is 11.1. The highest BCUT2D eigenvalue weighted by atomic mass is 35.5. The van der Waals surface area contributed by atoms with Gasteiger partial charge in [-0.2, -0.15) is 4.37 Å². The molecule has 146 valence electrons. The van der Waals surface area contributed by atoms with E-state index < -0.39 is 0 Å². The molecule has 0 N–H and O–H groups in total. The van der Waals surface area contributed by atoms with Gasteiger partial charge >= 0.3 is 6.09 Å². The smallest absolute Gasteiger partial charge is 0.409 e. The normalized spacial score (nSPS) is 23.6. The van der Waals surface area contributed by atoms with Crippen LogP contribution in [0.15, 0.2) is 24.3 Å². The maximum absolute atomic E-state index is 12.5. The number of ether oxygens (including phenoxy) is 1. The number of carbonyl (C=O) groups is 1. The van der Waals surface area contributed by atoms with Gasteiger partial charge in [-0.05, 0) is 48.3 Å². The lowest BCUT2D eigenvalue weighted by Gasteiger charge is -2.35. The third kappa shape index (κ3) is 4.16. The molecule has 2 aliphatic rings.